The van der Waals surface area contributed by atoms with Crippen LogP contribution in [0.3, 0.4) is 0 Å². The van der Waals surface area contributed by atoms with Crippen LogP contribution < -0.4 is 5.32 Å². The molecule has 0 atom stereocenters. The van der Waals surface area contributed by atoms with Gasteiger partial charge in [0.25, 0.3) is 11.8 Å². The van der Waals surface area contributed by atoms with E-state index in [1.165, 1.54) is 0 Å². The minimum absolute atomic E-state index is 0.0118. The largest absolute Gasteiger partial charge is 0.343 e. The summed E-state index contributed by atoms with van der Waals surface area (Å²) in [4.78, 5) is 40.6. The summed E-state index contributed by atoms with van der Waals surface area (Å²) in [5.41, 5.74) is 1.19. The Kier molecular flexibility index (Phi) is 6.20. The summed E-state index contributed by atoms with van der Waals surface area (Å²) >= 11 is 0. The number of rotatable bonds is 4. The van der Waals surface area contributed by atoms with Gasteiger partial charge < -0.3 is 15.1 Å². The van der Waals surface area contributed by atoms with E-state index in [-0.39, 0.29) is 24.3 Å². The van der Waals surface area contributed by atoms with Crippen molar-refractivity contribution in [1.29, 1.82) is 0 Å². The highest BCUT2D eigenvalue weighted by atomic mass is 16.2. The minimum atomic E-state index is -0.264. The van der Waals surface area contributed by atoms with Crippen LogP contribution in [0.2, 0.25) is 0 Å². The van der Waals surface area contributed by atoms with Crippen LogP contribution >= 0.6 is 0 Å². The molecule has 1 N–H and O–H groups in total. The molecule has 1 fully saturated rings. The van der Waals surface area contributed by atoms with Crippen molar-refractivity contribution in [3.63, 3.8) is 0 Å². The van der Waals surface area contributed by atoms with Crippen LogP contribution in [0.1, 0.15) is 27.1 Å². The van der Waals surface area contributed by atoms with Gasteiger partial charge in [0.05, 0.1) is 6.54 Å². The highest BCUT2D eigenvalue weighted by Crippen LogP contribution is 2.09. The molecular weight excluding hydrogens is 342 g/mol. The average Bonchev–Trinajstić information content (AvgIpc) is 2.99. The Morgan fingerprint density at radius 3 is 1.96 bits per heavy atom. The van der Waals surface area contributed by atoms with Crippen molar-refractivity contribution in [2.45, 2.75) is 6.42 Å². The normalized spacial score (nSPS) is 14.4. The molecular formula is C21H23N3O3. The molecule has 27 heavy (non-hydrogen) atoms. The Labute approximate surface area is 158 Å². The van der Waals surface area contributed by atoms with Crippen molar-refractivity contribution < 1.29 is 14.4 Å². The number of hydrogen-bond donors (Lipinski definition) is 1. The van der Waals surface area contributed by atoms with Gasteiger partial charge in [-0.05, 0) is 30.7 Å². The predicted octanol–water partition coefficient (Wildman–Crippen LogP) is 1.79. The van der Waals surface area contributed by atoms with E-state index in [1.807, 2.05) is 24.3 Å². The lowest BCUT2D eigenvalue weighted by Crippen LogP contribution is -2.42. The fourth-order valence-corrected chi connectivity index (χ4v) is 3.09. The first-order valence-corrected chi connectivity index (χ1v) is 9.10. The summed E-state index contributed by atoms with van der Waals surface area (Å²) in [5, 5.41) is 2.67. The number of amides is 3. The number of carbonyl (C=O) groups is 3. The van der Waals surface area contributed by atoms with Crippen molar-refractivity contribution in [1.82, 2.24) is 15.1 Å². The summed E-state index contributed by atoms with van der Waals surface area (Å²) in [7, 11) is 0. The Balaban J connectivity index is 1.51. The fraction of sp³-hybridized carbons (Fsp3) is 0.286. The third-order valence-corrected chi connectivity index (χ3v) is 4.59. The van der Waals surface area contributed by atoms with Gasteiger partial charge in [-0.2, -0.15) is 0 Å². The molecule has 3 amide bonds. The molecule has 6 nitrogen and oxygen atoms in total. The molecule has 1 aliphatic rings. The third-order valence-electron chi connectivity index (χ3n) is 4.59. The van der Waals surface area contributed by atoms with Gasteiger partial charge in [0.2, 0.25) is 5.91 Å². The number of benzene rings is 2. The Morgan fingerprint density at radius 2 is 1.30 bits per heavy atom. The van der Waals surface area contributed by atoms with Crippen LogP contribution in [0.5, 0.6) is 0 Å². The molecule has 0 unspecified atom stereocenters. The summed E-state index contributed by atoms with van der Waals surface area (Å²) < 4.78 is 0. The molecule has 1 aliphatic heterocycles. The topological polar surface area (TPSA) is 69.7 Å². The molecule has 2 aromatic carbocycles. The van der Waals surface area contributed by atoms with Crippen LogP contribution in [-0.2, 0) is 4.79 Å². The van der Waals surface area contributed by atoms with E-state index in [0.717, 1.165) is 6.42 Å². The zero-order valence-electron chi connectivity index (χ0n) is 15.1. The van der Waals surface area contributed by atoms with E-state index in [4.69, 9.17) is 0 Å². The van der Waals surface area contributed by atoms with Crippen LogP contribution in [0.15, 0.2) is 60.7 Å². The minimum Gasteiger partial charge on any atom is -0.343 e. The summed E-state index contributed by atoms with van der Waals surface area (Å²) in [6, 6.07) is 18.0. The second-order valence-corrected chi connectivity index (χ2v) is 6.44. The van der Waals surface area contributed by atoms with Gasteiger partial charge in [-0.3, -0.25) is 14.4 Å². The van der Waals surface area contributed by atoms with Crippen LogP contribution in [0.4, 0.5) is 0 Å². The summed E-state index contributed by atoms with van der Waals surface area (Å²) in [6.07, 6.45) is 0.719. The highest BCUT2D eigenvalue weighted by molar-refractivity contribution is 5.96. The first-order valence-electron chi connectivity index (χ1n) is 9.10. The molecule has 0 radical (unpaired) electrons. The smallest absolute Gasteiger partial charge is 0.253 e. The molecule has 140 valence electrons. The number of nitrogens with one attached hydrogen (secondary N) is 1. The van der Waals surface area contributed by atoms with Crippen molar-refractivity contribution in [3.05, 3.63) is 71.8 Å². The standard InChI is InChI=1S/C21H23N3O3/c25-19(16-22-20(26)17-8-3-1-4-9-17)23-12-7-13-24(15-14-23)21(27)18-10-5-2-6-11-18/h1-6,8-11H,7,12-16H2,(H,22,26). The van der Waals surface area contributed by atoms with E-state index in [1.54, 1.807) is 46.2 Å². The second-order valence-electron chi connectivity index (χ2n) is 6.44. The molecule has 1 heterocycles. The maximum atomic E-state index is 12.6. The molecule has 6 heteroatoms. The predicted molar refractivity (Wildman–Crippen MR) is 102 cm³/mol. The van der Waals surface area contributed by atoms with Gasteiger partial charge in [0.15, 0.2) is 0 Å². The van der Waals surface area contributed by atoms with Crippen LogP contribution in [-0.4, -0.2) is 60.2 Å². The fourth-order valence-electron chi connectivity index (χ4n) is 3.09. The van der Waals surface area contributed by atoms with Crippen molar-refractivity contribution in [3.8, 4) is 0 Å². The summed E-state index contributed by atoms with van der Waals surface area (Å²) in [6.45, 7) is 2.12. The SMILES string of the molecule is O=C(NCC(=O)N1CCCN(C(=O)c2ccccc2)CC1)c1ccccc1. The second kappa shape index (κ2) is 8.98. The molecule has 0 saturated carbocycles. The monoisotopic (exact) mass is 365 g/mol. The van der Waals surface area contributed by atoms with E-state index in [2.05, 4.69) is 5.32 Å². The van der Waals surface area contributed by atoms with Gasteiger partial charge in [0, 0.05) is 37.3 Å². The van der Waals surface area contributed by atoms with Gasteiger partial charge in [0.1, 0.15) is 0 Å². The Hall–Kier alpha value is -3.15. The van der Waals surface area contributed by atoms with Gasteiger partial charge in [-0.15, -0.1) is 0 Å². The van der Waals surface area contributed by atoms with Crippen molar-refractivity contribution >= 4 is 17.7 Å². The average molecular weight is 365 g/mol. The maximum Gasteiger partial charge on any atom is 0.253 e. The van der Waals surface area contributed by atoms with Crippen molar-refractivity contribution in [2.24, 2.45) is 0 Å². The Bertz CT molecular complexity index is 793. The number of nitrogens with zero attached hydrogens (tertiary/aromatic N) is 2. The third kappa shape index (κ3) is 4.94. The first-order chi connectivity index (χ1) is 13.1. The van der Waals surface area contributed by atoms with E-state index in [0.29, 0.717) is 37.3 Å². The van der Waals surface area contributed by atoms with Gasteiger partial charge >= 0.3 is 0 Å². The molecule has 0 spiro atoms. The van der Waals surface area contributed by atoms with E-state index < -0.39 is 0 Å². The lowest BCUT2D eigenvalue weighted by molar-refractivity contribution is -0.129. The molecule has 0 aromatic heterocycles. The maximum absolute atomic E-state index is 12.6. The van der Waals surface area contributed by atoms with E-state index in [9.17, 15) is 14.4 Å². The zero-order chi connectivity index (χ0) is 19.1. The quantitative estimate of drug-likeness (QED) is 0.898. The lowest BCUT2D eigenvalue weighted by atomic mass is 10.2. The van der Waals surface area contributed by atoms with Gasteiger partial charge in [-0.1, -0.05) is 36.4 Å². The lowest BCUT2D eigenvalue weighted by Gasteiger charge is -2.22. The number of hydrogen-bond acceptors (Lipinski definition) is 3. The van der Waals surface area contributed by atoms with Crippen molar-refractivity contribution in [2.75, 3.05) is 32.7 Å². The molecule has 2 aromatic rings. The Morgan fingerprint density at radius 1 is 0.741 bits per heavy atom. The van der Waals surface area contributed by atoms with Crippen LogP contribution in [0, 0.1) is 0 Å². The molecule has 0 aliphatic carbocycles. The molecule has 0 bridgehead atoms. The first kappa shape index (κ1) is 18.6. The number of carbonyl (C=O) groups excluding carboxylic acids is 3. The summed E-state index contributed by atoms with van der Waals surface area (Å²) in [5.74, 6) is -0.407. The van der Waals surface area contributed by atoms with E-state index >= 15 is 0 Å². The molecule has 3 rings (SSSR count). The zero-order valence-corrected chi connectivity index (χ0v) is 15.1. The van der Waals surface area contributed by atoms with Gasteiger partial charge in [-0.25, -0.2) is 0 Å². The molecule has 1 saturated heterocycles. The highest BCUT2D eigenvalue weighted by Gasteiger charge is 2.23. The van der Waals surface area contributed by atoms with Crippen LogP contribution in [0.25, 0.3) is 0 Å².